The molecular formula is C24H19F4NO3S. The van der Waals surface area contributed by atoms with Gasteiger partial charge in [0, 0.05) is 10.5 Å². The number of aliphatic hydroxyl groups excluding tert-OH is 1. The van der Waals surface area contributed by atoms with Crippen LogP contribution in [0, 0.1) is 5.82 Å². The van der Waals surface area contributed by atoms with Gasteiger partial charge in [0.1, 0.15) is 5.82 Å². The second-order valence-corrected chi connectivity index (χ2v) is 8.86. The number of halogens is 4. The van der Waals surface area contributed by atoms with Gasteiger partial charge in [-0.05, 0) is 41.8 Å². The highest BCUT2D eigenvalue weighted by molar-refractivity contribution is 8.01. The van der Waals surface area contributed by atoms with Crippen LogP contribution in [-0.2, 0) is 23.9 Å². The third-order valence-corrected chi connectivity index (χ3v) is 6.61. The number of anilines is 1. The number of carbonyl (C=O) groups is 1. The molecule has 4 nitrogen and oxygen atoms in total. The van der Waals surface area contributed by atoms with Crippen molar-refractivity contribution in [3.05, 3.63) is 94.8 Å². The molecule has 1 aliphatic rings. The highest BCUT2D eigenvalue weighted by Crippen LogP contribution is 2.42. The van der Waals surface area contributed by atoms with E-state index in [1.165, 1.54) is 53.4 Å². The molecule has 0 saturated heterocycles. The average molecular weight is 477 g/mol. The van der Waals surface area contributed by atoms with Crippen LogP contribution in [0.15, 0.2) is 71.6 Å². The third-order valence-electron chi connectivity index (χ3n) is 5.37. The van der Waals surface area contributed by atoms with E-state index in [0.29, 0.717) is 16.1 Å². The van der Waals surface area contributed by atoms with E-state index in [-0.39, 0.29) is 24.4 Å². The summed E-state index contributed by atoms with van der Waals surface area (Å²) in [4.78, 5) is 15.1. The smallest absolute Gasteiger partial charge is 0.364 e. The van der Waals surface area contributed by atoms with Crippen molar-refractivity contribution in [2.45, 2.75) is 35.6 Å². The molecular weight excluding hydrogens is 458 g/mol. The molecule has 1 amide bonds. The lowest BCUT2D eigenvalue weighted by atomic mass is 10.0. The topological polar surface area (TPSA) is 60.8 Å². The van der Waals surface area contributed by atoms with Crippen molar-refractivity contribution >= 4 is 23.4 Å². The quantitative estimate of drug-likeness (QED) is 0.398. The monoisotopic (exact) mass is 477 g/mol. The van der Waals surface area contributed by atoms with Gasteiger partial charge in [0.05, 0.1) is 23.0 Å². The average Bonchev–Trinajstić information content (AvgIpc) is 2.76. The molecule has 1 heterocycles. The van der Waals surface area contributed by atoms with E-state index in [1.54, 1.807) is 12.1 Å². The largest absolute Gasteiger partial charge is 0.416 e. The molecule has 172 valence electrons. The summed E-state index contributed by atoms with van der Waals surface area (Å²) in [6.45, 7) is -0.306. The number of fused-ring (bicyclic) bond motifs is 1. The maximum absolute atomic E-state index is 13.9. The van der Waals surface area contributed by atoms with Crippen molar-refractivity contribution in [2.75, 3.05) is 4.90 Å². The number of nitrogens with zero attached hydrogens (tertiary/aromatic N) is 1. The van der Waals surface area contributed by atoms with Crippen LogP contribution < -0.4 is 4.90 Å². The van der Waals surface area contributed by atoms with E-state index >= 15 is 0 Å². The highest BCUT2D eigenvalue weighted by Gasteiger charge is 2.37. The van der Waals surface area contributed by atoms with Crippen LogP contribution in [0.4, 0.5) is 23.2 Å². The Morgan fingerprint density at radius 3 is 2.36 bits per heavy atom. The molecule has 2 N–H and O–H groups in total. The molecule has 0 fully saturated rings. The summed E-state index contributed by atoms with van der Waals surface area (Å²) in [5.41, 5.74) is 0.494. The van der Waals surface area contributed by atoms with E-state index < -0.39 is 29.1 Å². The van der Waals surface area contributed by atoms with Gasteiger partial charge in [0.2, 0.25) is 5.91 Å². The van der Waals surface area contributed by atoms with Crippen LogP contribution in [0.1, 0.15) is 28.5 Å². The molecule has 0 saturated carbocycles. The highest BCUT2D eigenvalue weighted by atomic mass is 32.2. The molecule has 0 bridgehead atoms. The third kappa shape index (κ3) is 5.05. The summed E-state index contributed by atoms with van der Waals surface area (Å²) in [5.74, 6) is -0.895. The fourth-order valence-corrected chi connectivity index (χ4v) is 5.03. The molecule has 9 heteroatoms. The lowest BCUT2D eigenvalue weighted by molar-refractivity contribution is -0.138. The normalized spacial score (nSPS) is 16.3. The number of benzene rings is 3. The minimum atomic E-state index is -4.58. The van der Waals surface area contributed by atoms with Crippen LogP contribution >= 0.6 is 11.8 Å². The zero-order chi connectivity index (χ0) is 23.8. The Morgan fingerprint density at radius 1 is 1.00 bits per heavy atom. The number of rotatable bonds is 5. The molecule has 0 aromatic heterocycles. The van der Waals surface area contributed by atoms with Crippen molar-refractivity contribution in [1.82, 2.24) is 0 Å². The minimum Gasteiger partial charge on any atom is -0.364 e. The summed E-state index contributed by atoms with van der Waals surface area (Å²) >= 11 is 1.16. The first kappa shape index (κ1) is 23.3. The van der Waals surface area contributed by atoms with Crippen LogP contribution in [0.25, 0.3) is 0 Å². The fraction of sp³-hybridized carbons (Fsp3) is 0.208. The Labute approximate surface area is 191 Å². The van der Waals surface area contributed by atoms with Crippen LogP contribution in [0.2, 0.25) is 0 Å². The zero-order valence-corrected chi connectivity index (χ0v) is 17.9. The van der Waals surface area contributed by atoms with Gasteiger partial charge in [-0.25, -0.2) is 4.39 Å². The van der Waals surface area contributed by atoms with Gasteiger partial charge in [-0.3, -0.25) is 4.79 Å². The molecule has 0 radical (unpaired) electrons. The first-order valence-electron chi connectivity index (χ1n) is 10.0. The van der Waals surface area contributed by atoms with Crippen LogP contribution in [0.3, 0.4) is 0 Å². The molecule has 33 heavy (non-hydrogen) atoms. The standard InChI is InChI=1S/C24H19F4NO3S/c25-17-9-10-19-20(12-17)33-21(11-14-5-7-15(8-6-14)23(31)32)22(30)29(19)13-16-3-1-2-4-18(16)24(26,27)28/h1-10,12,21,23,31-32H,11,13H2. The number of aliphatic hydroxyl groups is 2. The number of amides is 1. The maximum Gasteiger partial charge on any atom is 0.416 e. The SMILES string of the molecule is O=C1C(Cc2ccc(C(O)O)cc2)Sc2cc(F)ccc2N1Cc1ccccc1C(F)(F)F. The van der Waals surface area contributed by atoms with Crippen molar-refractivity contribution in [3.8, 4) is 0 Å². The van der Waals surface area contributed by atoms with Gasteiger partial charge in [-0.1, -0.05) is 42.5 Å². The summed E-state index contributed by atoms with van der Waals surface area (Å²) in [7, 11) is 0. The van der Waals surface area contributed by atoms with E-state index in [9.17, 15) is 32.6 Å². The second-order valence-electron chi connectivity index (χ2n) is 7.62. The van der Waals surface area contributed by atoms with E-state index in [4.69, 9.17) is 0 Å². The molecule has 3 aromatic rings. The number of carbonyl (C=O) groups excluding carboxylic acids is 1. The van der Waals surface area contributed by atoms with Crippen LogP contribution in [0.5, 0.6) is 0 Å². The maximum atomic E-state index is 13.9. The van der Waals surface area contributed by atoms with Gasteiger partial charge in [0.25, 0.3) is 0 Å². The van der Waals surface area contributed by atoms with E-state index in [0.717, 1.165) is 23.4 Å². The van der Waals surface area contributed by atoms with Gasteiger partial charge >= 0.3 is 6.18 Å². The first-order chi connectivity index (χ1) is 15.6. The number of thioether (sulfide) groups is 1. The van der Waals surface area contributed by atoms with E-state index in [1.807, 2.05) is 0 Å². The minimum absolute atomic E-state index is 0.0550. The molecule has 0 spiro atoms. The predicted octanol–water partition coefficient (Wildman–Crippen LogP) is 5.08. The number of hydrogen-bond acceptors (Lipinski definition) is 4. The van der Waals surface area contributed by atoms with E-state index in [2.05, 4.69) is 0 Å². The van der Waals surface area contributed by atoms with Gasteiger partial charge in [-0.15, -0.1) is 11.8 Å². The Bertz CT molecular complexity index is 1170. The Morgan fingerprint density at radius 2 is 1.70 bits per heavy atom. The summed E-state index contributed by atoms with van der Waals surface area (Å²) in [6, 6.07) is 15.2. The van der Waals surface area contributed by atoms with Gasteiger partial charge in [-0.2, -0.15) is 13.2 Å². The molecule has 1 unspecified atom stereocenters. The van der Waals surface area contributed by atoms with Gasteiger partial charge < -0.3 is 15.1 Å². The van der Waals surface area contributed by atoms with Crippen LogP contribution in [-0.4, -0.2) is 21.4 Å². The molecule has 4 rings (SSSR count). The summed E-state index contributed by atoms with van der Waals surface area (Å²) < 4.78 is 54.5. The lowest BCUT2D eigenvalue weighted by Crippen LogP contribution is -2.41. The summed E-state index contributed by atoms with van der Waals surface area (Å²) in [5, 5.41) is 17.8. The first-order valence-corrected chi connectivity index (χ1v) is 10.9. The number of alkyl halides is 3. The Balaban J connectivity index is 1.67. The lowest BCUT2D eigenvalue weighted by Gasteiger charge is -2.34. The molecule has 1 aliphatic heterocycles. The van der Waals surface area contributed by atoms with Crippen molar-refractivity contribution in [2.24, 2.45) is 0 Å². The van der Waals surface area contributed by atoms with Crippen molar-refractivity contribution in [1.29, 1.82) is 0 Å². The predicted molar refractivity (Wildman–Crippen MR) is 116 cm³/mol. The zero-order valence-electron chi connectivity index (χ0n) is 17.1. The second kappa shape index (κ2) is 9.17. The summed E-state index contributed by atoms with van der Waals surface area (Å²) in [6.07, 6.45) is -5.96. The molecule has 3 aromatic carbocycles. The van der Waals surface area contributed by atoms with Gasteiger partial charge in [0.15, 0.2) is 6.29 Å². The Hall–Kier alpha value is -2.88. The Kier molecular flexibility index (Phi) is 6.47. The van der Waals surface area contributed by atoms with Crippen molar-refractivity contribution in [3.63, 3.8) is 0 Å². The fourth-order valence-electron chi connectivity index (χ4n) is 3.74. The molecule has 0 aliphatic carbocycles. The number of hydrogen-bond donors (Lipinski definition) is 2. The van der Waals surface area contributed by atoms with Crippen molar-refractivity contribution < 1.29 is 32.6 Å². The molecule has 1 atom stereocenters.